The molecule has 3 N–H and O–H groups in total. The molecule has 0 saturated carbocycles. The molecule has 2 heterocycles. The van der Waals surface area contributed by atoms with Crippen LogP contribution >= 0.6 is 27.3 Å². The Bertz CT molecular complexity index is 945. The summed E-state index contributed by atoms with van der Waals surface area (Å²) in [6, 6.07) is -2.91. The first kappa shape index (κ1) is 29.6. The lowest BCUT2D eigenvalue weighted by Gasteiger charge is -2.37. The Labute approximate surface area is 220 Å². The van der Waals surface area contributed by atoms with Crippen molar-refractivity contribution in [2.75, 3.05) is 13.7 Å². The zero-order valence-corrected chi connectivity index (χ0v) is 24.2. The van der Waals surface area contributed by atoms with Crippen LogP contribution in [0.1, 0.15) is 65.4 Å². The van der Waals surface area contributed by atoms with Gasteiger partial charge in [-0.05, 0) is 70.3 Å². The molecule has 1 aliphatic rings. The van der Waals surface area contributed by atoms with E-state index in [0.29, 0.717) is 29.0 Å². The number of hydrogen-bond acceptors (Lipinski definition) is 9. The summed E-state index contributed by atoms with van der Waals surface area (Å²) < 4.78 is 26.1. The highest BCUT2D eigenvalue weighted by Crippen LogP contribution is 2.27. The van der Waals surface area contributed by atoms with E-state index in [1.54, 1.807) is 46.9 Å². The average Bonchev–Trinajstić information content (AvgIpc) is 3.19. The SMILES string of the molecule is COC(=O)[C@@H]1CCCN(C(=O)[C@@H](NC(=O)OC(C)(C)C)[C@H](N[S@@](=O)C(C)(C)C)c2nc(Br)cs2)N1. The molecule has 198 valence electrons. The molecule has 1 aliphatic heterocycles. The fourth-order valence-corrected chi connectivity index (χ4v) is 5.37. The third-order valence-corrected chi connectivity index (χ3v) is 7.98. The van der Waals surface area contributed by atoms with Crippen LogP contribution in [0.5, 0.6) is 0 Å². The van der Waals surface area contributed by atoms with Crippen LogP contribution in [0.4, 0.5) is 4.79 Å². The highest BCUT2D eigenvalue weighted by molar-refractivity contribution is 9.10. The monoisotopic (exact) mass is 595 g/mol. The van der Waals surface area contributed by atoms with Gasteiger partial charge in [0.05, 0.1) is 22.8 Å². The minimum atomic E-state index is -1.61. The molecule has 0 spiro atoms. The lowest BCUT2D eigenvalue weighted by molar-refractivity contribution is -0.150. The molecular formula is C21H34BrN5O6S2. The van der Waals surface area contributed by atoms with Crippen LogP contribution in [-0.4, -0.2) is 68.3 Å². The molecular weight excluding hydrogens is 562 g/mol. The van der Waals surface area contributed by atoms with Crippen molar-refractivity contribution in [1.29, 1.82) is 0 Å². The summed E-state index contributed by atoms with van der Waals surface area (Å²) >= 11 is 4.56. The van der Waals surface area contributed by atoms with Crippen LogP contribution in [0.3, 0.4) is 0 Å². The zero-order valence-electron chi connectivity index (χ0n) is 21.0. The van der Waals surface area contributed by atoms with Gasteiger partial charge in [0, 0.05) is 11.9 Å². The first-order valence-electron chi connectivity index (χ1n) is 11.1. The minimum Gasteiger partial charge on any atom is -0.468 e. The number of aromatic nitrogens is 1. The summed E-state index contributed by atoms with van der Waals surface area (Å²) in [6.07, 6.45) is 0.226. The second-order valence-corrected chi connectivity index (χ2v) is 13.6. The predicted molar refractivity (Wildman–Crippen MR) is 137 cm³/mol. The van der Waals surface area contributed by atoms with Gasteiger partial charge < -0.3 is 14.8 Å². The minimum absolute atomic E-state index is 0.301. The quantitative estimate of drug-likeness (QED) is 0.409. The fourth-order valence-electron chi connectivity index (χ4n) is 3.11. The number of carbonyl (C=O) groups excluding carboxylic acids is 3. The smallest absolute Gasteiger partial charge is 0.408 e. The van der Waals surface area contributed by atoms with E-state index in [-0.39, 0.29) is 0 Å². The van der Waals surface area contributed by atoms with Gasteiger partial charge >= 0.3 is 12.1 Å². The number of nitrogens with one attached hydrogen (secondary N) is 3. The first-order valence-corrected chi connectivity index (χ1v) is 13.9. The predicted octanol–water partition coefficient (Wildman–Crippen LogP) is 2.56. The summed E-state index contributed by atoms with van der Waals surface area (Å²) in [4.78, 5) is 43.0. The summed E-state index contributed by atoms with van der Waals surface area (Å²) in [5.74, 6) is -1.04. The summed E-state index contributed by atoms with van der Waals surface area (Å²) in [7, 11) is -0.329. The Kier molecular flexibility index (Phi) is 10.2. The van der Waals surface area contributed by atoms with Crippen LogP contribution in [-0.2, 0) is 30.0 Å². The van der Waals surface area contributed by atoms with E-state index in [4.69, 9.17) is 9.47 Å². The molecule has 4 atom stereocenters. The third kappa shape index (κ3) is 8.77. The van der Waals surface area contributed by atoms with Gasteiger partial charge in [0.1, 0.15) is 33.3 Å². The highest BCUT2D eigenvalue weighted by Gasteiger charge is 2.41. The van der Waals surface area contributed by atoms with Crippen molar-refractivity contribution in [2.45, 2.75) is 82.9 Å². The van der Waals surface area contributed by atoms with Crippen LogP contribution in [0.25, 0.3) is 0 Å². The number of hydrazine groups is 1. The van der Waals surface area contributed by atoms with Crippen molar-refractivity contribution in [3.05, 3.63) is 15.0 Å². The Morgan fingerprint density at radius 2 is 1.94 bits per heavy atom. The van der Waals surface area contributed by atoms with Crippen molar-refractivity contribution >= 4 is 56.2 Å². The van der Waals surface area contributed by atoms with Gasteiger partial charge in [-0.1, -0.05) is 0 Å². The van der Waals surface area contributed by atoms with Gasteiger partial charge in [-0.3, -0.25) is 14.6 Å². The van der Waals surface area contributed by atoms with E-state index in [2.05, 4.69) is 36.4 Å². The number of rotatable bonds is 7. The highest BCUT2D eigenvalue weighted by atomic mass is 79.9. The van der Waals surface area contributed by atoms with Crippen LogP contribution in [0.15, 0.2) is 9.98 Å². The summed E-state index contributed by atoms with van der Waals surface area (Å²) in [5.41, 5.74) is 2.08. The maximum Gasteiger partial charge on any atom is 0.408 e. The number of thiazole rings is 1. The Hall–Kier alpha value is -1.61. The van der Waals surface area contributed by atoms with E-state index in [0.717, 1.165) is 0 Å². The number of halogens is 1. The fraction of sp³-hybridized carbons (Fsp3) is 0.714. The van der Waals surface area contributed by atoms with E-state index in [9.17, 15) is 18.6 Å². The van der Waals surface area contributed by atoms with Crippen LogP contribution in [0, 0.1) is 0 Å². The van der Waals surface area contributed by atoms with Crippen LogP contribution < -0.4 is 15.5 Å². The molecule has 0 aromatic carbocycles. The van der Waals surface area contributed by atoms with Gasteiger partial charge in [0.2, 0.25) is 0 Å². The molecule has 14 heteroatoms. The molecule has 0 radical (unpaired) electrons. The number of nitrogens with zero attached hydrogens (tertiary/aromatic N) is 2. The maximum atomic E-state index is 13.8. The first-order chi connectivity index (χ1) is 16.1. The largest absolute Gasteiger partial charge is 0.468 e. The topological polar surface area (TPSA) is 139 Å². The number of methoxy groups -OCH3 is 1. The average molecular weight is 597 g/mol. The van der Waals surface area contributed by atoms with Crippen molar-refractivity contribution < 1.29 is 28.1 Å². The number of hydrogen-bond donors (Lipinski definition) is 3. The zero-order chi connectivity index (χ0) is 26.6. The van der Waals surface area contributed by atoms with E-state index >= 15 is 0 Å². The molecule has 0 aliphatic carbocycles. The van der Waals surface area contributed by atoms with Crippen molar-refractivity contribution in [3.8, 4) is 0 Å². The summed E-state index contributed by atoms with van der Waals surface area (Å²) in [5, 5.41) is 6.08. The Balaban J connectivity index is 2.45. The van der Waals surface area contributed by atoms with E-state index in [1.807, 2.05) is 0 Å². The second kappa shape index (κ2) is 12.1. The molecule has 1 aromatic heterocycles. The number of alkyl carbamates (subject to hydrolysis) is 1. The van der Waals surface area contributed by atoms with Crippen molar-refractivity contribution in [3.63, 3.8) is 0 Å². The number of amides is 2. The van der Waals surface area contributed by atoms with Gasteiger partial charge in [-0.2, -0.15) is 0 Å². The number of esters is 1. The van der Waals surface area contributed by atoms with E-state index < -0.39 is 57.4 Å². The Morgan fingerprint density at radius 3 is 2.46 bits per heavy atom. The second-order valence-electron chi connectivity index (χ2n) is 9.95. The van der Waals surface area contributed by atoms with Gasteiger partial charge in [0.25, 0.3) is 5.91 Å². The van der Waals surface area contributed by atoms with Gasteiger partial charge in [0.15, 0.2) is 0 Å². The Morgan fingerprint density at radius 1 is 1.29 bits per heavy atom. The molecule has 0 unspecified atom stereocenters. The molecule has 11 nitrogen and oxygen atoms in total. The lowest BCUT2D eigenvalue weighted by atomic mass is 10.1. The normalized spacial score (nSPS) is 19.4. The maximum absolute atomic E-state index is 13.8. The third-order valence-electron chi connectivity index (χ3n) is 4.76. The molecule has 1 saturated heterocycles. The van der Waals surface area contributed by atoms with Crippen molar-refractivity contribution in [2.24, 2.45) is 0 Å². The molecule has 2 rings (SSSR count). The van der Waals surface area contributed by atoms with Crippen LogP contribution in [0.2, 0.25) is 0 Å². The van der Waals surface area contributed by atoms with E-state index in [1.165, 1.54) is 23.5 Å². The standard InChI is InChI=1S/C21H34BrN5O6S2/c1-20(2,3)33-19(30)24-15(17(28)27-10-8-9-12(25-27)18(29)32-7)14(16-23-13(22)11-34-16)26-35(31)21(4,5)6/h11-12,14-15,25-26H,8-10H2,1-7H3,(H,24,30)/t12-,14-,15-,35-/m0/s1. The molecule has 35 heavy (non-hydrogen) atoms. The molecule has 1 fully saturated rings. The van der Waals surface area contributed by atoms with Crippen molar-refractivity contribution in [1.82, 2.24) is 25.5 Å². The number of ether oxygens (including phenoxy) is 2. The lowest BCUT2D eigenvalue weighted by Crippen LogP contribution is -2.62. The van der Waals surface area contributed by atoms with Gasteiger partial charge in [-0.25, -0.2) is 24.1 Å². The van der Waals surface area contributed by atoms with Gasteiger partial charge in [-0.15, -0.1) is 11.3 Å². The molecule has 0 bridgehead atoms. The molecule has 2 amide bonds. The molecule has 1 aromatic rings. The number of carbonyl (C=O) groups is 3. The summed E-state index contributed by atoms with van der Waals surface area (Å²) in [6.45, 7) is 10.8.